The number of carbonyl (C=O) groups is 1. The van der Waals surface area contributed by atoms with Crippen LogP contribution in [0.25, 0.3) is 0 Å². The van der Waals surface area contributed by atoms with E-state index in [-0.39, 0.29) is 5.78 Å². The lowest BCUT2D eigenvalue weighted by molar-refractivity contribution is -0.142. The van der Waals surface area contributed by atoms with Crippen molar-refractivity contribution < 1.29 is 9.53 Å². The molecule has 1 rings (SSSR count). The first-order chi connectivity index (χ1) is 5.11. The molecule has 0 amide bonds. The second kappa shape index (κ2) is 2.94. The summed E-state index contributed by atoms with van der Waals surface area (Å²) in [7, 11) is 0. The molecule has 0 aromatic heterocycles. The van der Waals surface area contributed by atoms with Gasteiger partial charge >= 0.3 is 0 Å². The molecule has 0 spiro atoms. The molecule has 64 valence electrons. The van der Waals surface area contributed by atoms with Crippen LogP contribution in [0.5, 0.6) is 0 Å². The van der Waals surface area contributed by atoms with Crippen molar-refractivity contribution in [2.45, 2.75) is 39.2 Å². The molecule has 1 fully saturated rings. The summed E-state index contributed by atoms with van der Waals surface area (Å²) in [6, 6.07) is 0. The first kappa shape index (κ1) is 8.72. The first-order valence-corrected chi connectivity index (χ1v) is 4.26. The molecule has 0 aliphatic heterocycles. The van der Waals surface area contributed by atoms with Gasteiger partial charge in [0, 0.05) is 6.61 Å². The summed E-state index contributed by atoms with van der Waals surface area (Å²) in [5.74, 6) is 0.654. The number of hydrogen-bond donors (Lipinski definition) is 0. The van der Waals surface area contributed by atoms with Gasteiger partial charge in [-0.05, 0) is 39.5 Å². The van der Waals surface area contributed by atoms with E-state index >= 15 is 0 Å². The largest absolute Gasteiger partial charge is 0.368 e. The molecule has 1 saturated carbocycles. The fourth-order valence-electron chi connectivity index (χ4n) is 1.44. The summed E-state index contributed by atoms with van der Waals surface area (Å²) >= 11 is 0. The van der Waals surface area contributed by atoms with E-state index < -0.39 is 5.60 Å². The number of carbonyl (C=O) groups excluding carboxylic acids is 1. The quantitative estimate of drug-likeness (QED) is 0.620. The Kier molecular flexibility index (Phi) is 2.33. The predicted octanol–water partition coefficient (Wildman–Crippen LogP) is 1.78. The van der Waals surface area contributed by atoms with Crippen LogP contribution in [0.1, 0.15) is 33.6 Å². The average Bonchev–Trinajstić information content (AvgIpc) is 2.68. The first-order valence-electron chi connectivity index (χ1n) is 4.26. The number of hydrogen-bond acceptors (Lipinski definition) is 2. The second-order valence-corrected chi connectivity index (χ2v) is 3.37. The minimum absolute atomic E-state index is 0.168. The lowest BCUT2D eigenvalue weighted by Crippen LogP contribution is -2.39. The van der Waals surface area contributed by atoms with Crippen molar-refractivity contribution in [3.05, 3.63) is 0 Å². The minimum atomic E-state index is -0.477. The van der Waals surface area contributed by atoms with E-state index in [9.17, 15) is 4.79 Å². The Hall–Kier alpha value is -0.370. The van der Waals surface area contributed by atoms with Crippen LogP contribution in [-0.2, 0) is 9.53 Å². The van der Waals surface area contributed by atoms with Crippen LogP contribution >= 0.6 is 0 Å². The van der Waals surface area contributed by atoms with Gasteiger partial charge in [0.2, 0.25) is 0 Å². The molecule has 0 heterocycles. The number of ether oxygens (including phenoxy) is 1. The van der Waals surface area contributed by atoms with Gasteiger partial charge in [-0.15, -0.1) is 0 Å². The summed E-state index contributed by atoms with van der Waals surface area (Å²) in [4.78, 5) is 11.2. The monoisotopic (exact) mass is 156 g/mol. The molecule has 11 heavy (non-hydrogen) atoms. The van der Waals surface area contributed by atoms with Crippen LogP contribution in [0.2, 0.25) is 0 Å². The van der Waals surface area contributed by atoms with Crippen LogP contribution in [0.3, 0.4) is 0 Å². The molecular weight excluding hydrogens is 140 g/mol. The summed E-state index contributed by atoms with van der Waals surface area (Å²) in [5.41, 5.74) is -0.477. The van der Waals surface area contributed by atoms with Gasteiger partial charge in [-0.3, -0.25) is 4.79 Å². The van der Waals surface area contributed by atoms with Gasteiger partial charge in [0.15, 0.2) is 5.78 Å². The van der Waals surface area contributed by atoms with Crippen molar-refractivity contribution in [3.8, 4) is 0 Å². The Morgan fingerprint density at radius 3 is 2.45 bits per heavy atom. The third-order valence-electron chi connectivity index (χ3n) is 2.50. The molecule has 2 heteroatoms. The van der Waals surface area contributed by atoms with Gasteiger partial charge in [-0.2, -0.15) is 0 Å². The molecule has 1 atom stereocenters. The van der Waals surface area contributed by atoms with Crippen LogP contribution in [0, 0.1) is 5.92 Å². The van der Waals surface area contributed by atoms with Crippen molar-refractivity contribution >= 4 is 5.78 Å². The molecule has 1 aliphatic carbocycles. The van der Waals surface area contributed by atoms with E-state index in [0.717, 1.165) is 12.8 Å². The molecule has 1 unspecified atom stereocenters. The van der Waals surface area contributed by atoms with E-state index in [1.165, 1.54) is 0 Å². The maximum atomic E-state index is 11.2. The van der Waals surface area contributed by atoms with Gasteiger partial charge in [0.1, 0.15) is 5.60 Å². The minimum Gasteiger partial charge on any atom is -0.368 e. The molecule has 0 radical (unpaired) electrons. The Morgan fingerprint density at radius 2 is 2.18 bits per heavy atom. The lowest BCUT2D eigenvalue weighted by atomic mass is 9.96. The SMILES string of the molecule is CCOC(C)(C(C)=O)C1CC1. The standard InChI is InChI=1S/C9H16O2/c1-4-11-9(3,7(2)10)8-5-6-8/h8H,4-6H2,1-3H3. The van der Waals surface area contributed by atoms with Crippen LogP contribution < -0.4 is 0 Å². The molecular formula is C9H16O2. The van der Waals surface area contributed by atoms with Crippen LogP contribution in [0.15, 0.2) is 0 Å². The van der Waals surface area contributed by atoms with Gasteiger partial charge < -0.3 is 4.74 Å². The maximum absolute atomic E-state index is 11.2. The number of Topliss-reactive ketones (excluding diaryl/α,β-unsaturated/α-hetero) is 1. The lowest BCUT2D eigenvalue weighted by Gasteiger charge is -2.26. The highest BCUT2D eigenvalue weighted by molar-refractivity contribution is 5.85. The Labute approximate surface area is 67.9 Å². The zero-order chi connectivity index (χ0) is 8.48. The molecule has 0 aromatic rings. The number of rotatable bonds is 4. The van der Waals surface area contributed by atoms with Crippen molar-refractivity contribution in [1.82, 2.24) is 0 Å². The summed E-state index contributed by atoms with van der Waals surface area (Å²) < 4.78 is 5.47. The Bertz CT molecular complexity index is 161. The fourth-order valence-corrected chi connectivity index (χ4v) is 1.44. The Morgan fingerprint density at radius 1 is 1.64 bits per heavy atom. The average molecular weight is 156 g/mol. The highest BCUT2D eigenvalue weighted by Gasteiger charge is 2.45. The smallest absolute Gasteiger partial charge is 0.161 e. The summed E-state index contributed by atoms with van der Waals surface area (Å²) in [5, 5.41) is 0. The second-order valence-electron chi connectivity index (χ2n) is 3.37. The van der Waals surface area contributed by atoms with Crippen LogP contribution in [0.4, 0.5) is 0 Å². The van der Waals surface area contributed by atoms with Gasteiger partial charge in [-0.1, -0.05) is 0 Å². The molecule has 2 nitrogen and oxygen atoms in total. The van der Waals surface area contributed by atoms with E-state index in [0.29, 0.717) is 12.5 Å². The highest BCUT2D eigenvalue weighted by atomic mass is 16.5. The zero-order valence-corrected chi connectivity index (χ0v) is 7.52. The molecule has 0 N–H and O–H groups in total. The van der Waals surface area contributed by atoms with Gasteiger partial charge in [-0.25, -0.2) is 0 Å². The predicted molar refractivity (Wildman–Crippen MR) is 43.4 cm³/mol. The van der Waals surface area contributed by atoms with Gasteiger partial charge in [0.05, 0.1) is 0 Å². The molecule has 0 saturated heterocycles. The van der Waals surface area contributed by atoms with E-state index in [1.54, 1.807) is 6.92 Å². The summed E-state index contributed by atoms with van der Waals surface area (Å²) in [6.07, 6.45) is 2.30. The van der Waals surface area contributed by atoms with E-state index in [1.807, 2.05) is 13.8 Å². The summed E-state index contributed by atoms with van der Waals surface area (Å²) in [6.45, 7) is 6.10. The van der Waals surface area contributed by atoms with Crippen molar-refractivity contribution in [1.29, 1.82) is 0 Å². The maximum Gasteiger partial charge on any atom is 0.161 e. The molecule has 0 bridgehead atoms. The van der Waals surface area contributed by atoms with Crippen molar-refractivity contribution in [2.75, 3.05) is 6.61 Å². The molecule has 0 aromatic carbocycles. The fraction of sp³-hybridized carbons (Fsp3) is 0.889. The van der Waals surface area contributed by atoms with Crippen molar-refractivity contribution in [3.63, 3.8) is 0 Å². The van der Waals surface area contributed by atoms with Crippen molar-refractivity contribution in [2.24, 2.45) is 5.92 Å². The molecule has 1 aliphatic rings. The van der Waals surface area contributed by atoms with E-state index in [4.69, 9.17) is 4.74 Å². The highest BCUT2D eigenvalue weighted by Crippen LogP contribution is 2.42. The normalized spacial score (nSPS) is 22.8. The zero-order valence-electron chi connectivity index (χ0n) is 7.52. The van der Waals surface area contributed by atoms with E-state index in [2.05, 4.69) is 0 Å². The third kappa shape index (κ3) is 1.62. The topological polar surface area (TPSA) is 26.3 Å². The van der Waals surface area contributed by atoms with Gasteiger partial charge in [0.25, 0.3) is 0 Å². The third-order valence-corrected chi connectivity index (χ3v) is 2.50. The number of ketones is 1. The van der Waals surface area contributed by atoms with Crippen LogP contribution in [-0.4, -0.2) is 18.0 Å². The Balaban J connectivity index is 2.61.